The van der Waals surface area contributed by atoms with E-state index in [4.69, 9.17) is 9.47 Å². The fourth-order valence-corrected chi connectivity index (χ4v) is 2.45. The van der Waals surface area contributed by atoms with Crippen molar-refractivity contribution in [2.75, 3.05) is 20.2 Å². The highest BCUT2D eigenvalue weighted by molar-refractivity contribution is 5.79. The number of alkyl halides is 3. The van der Waals surface area contributed by atoms with Gasteiger partial charge in [-0.2, -0.15) is 13.2 Å². The quantitative estimate of drug-likeness (QED) is 0.419. The maximum atomic E-state index is 12.2. The zero-order chi connectivity index (χ0) is 23.7. The van der Waals surface area contributed by atoms with Crippen LogP contribution in [0.4, 0.5) is 18.0 Å². The molecule has 10 heteroatoms. The van der Waals surface area contributed by atoms with Crippen molar-refractivity contribution in [1.82, 2.24) is 16.0 Å². The van der Waals surface area contributed by atoms with E-state index in [9.17, 15) is 18.0 Å². The van der Waals surface area contributed by atoms with E-state index in [2.05, 4.69) is 20.9 Å². The minimum absolute atomic E-state index is 0.120. The fourth-order valence-electron chi connectivity index (χ4n) is 2.45. The number of rotatable bonds is 8. The molecular weight excluding hydrogens is 413 g/mol. The SMILES string of the molecule is CN=C(NCc1cccc(COCC(F)(F)F)c1)NCC(C)(C)NC(=O)OC(C)(C)C. The van der Waals surface area contributed by atoms with Gasteiger partial charge in [0.15, 0.2) is 5.96 Å². The number of carbonyl (C=O) groups is 1. The second kappa shape index (κ2) is 11.2. The normalized spacial score (nSPS) is 13.0. The second-order valence-electron chi connectivity index (χ2n) is 8.72. The highest BCUT2D eigenvalue weighted by atomic mass is 19.4. The maximum absolute atomic E-state index is 12.2. The summed E-state index contributed by atoms with van der Waals surface area (Å²) in [6.07, 6.45) is -4.85. The molecule has 0 aliphatic heterocycles. The van der Waals surface area contributed by atoms with E-state index < -0.39 is 30.0 Å². The highest BCUT2D eigenvalue weighted by Gasteiger charge is 2.27. The van der Waals surface area contributed by atoms with Crippen LogP contribution in [0, 0.1) is 0 Å². The van der Waals surface area contributed by atoms with E-state index in [-0.39, 0.29) is 6.61 Å². The van der Waals surface area contributed by atoms with Crippen LogP contribution >= 0.6 is 0 Å². The van der Waals surface area contributed by atoms with Crippen LogP contribution in [0.2, 0.25) is 0 Å². The summed E-state index contributed by atoms with van der Waals surface area (Å²) in [5.74, 6) is 0.512. The Hall–Kier alpha value is -2.49. The topological polar surface area (TPSA) is 84.0 Å². The standard InChI is InChI=1S/C21H33F3N4O3/c1-19(2,3)31-18(29)28-20(4,5)13-27-17(25-6)26-11-15-8-7-9-16(10-15)12-30-14-21(22,23)24/h7-10H,11-14H2,1-6H3,(H,28,29)(H2,25,26,27). The zero-order valence-electron chi connectivity index (χ0n) is 18.9. The van der Waals surface area contributed by atoms with E-state index in [1.54, 1.807) is 46.0 Å². The van der Waals surface area contributed by atoms with Gasteiger partial charge in [-0.25, -0.2) is 4.79 Å². The Morgan fingerprint density at radius 1 is 1.06 bits per heavy atom. The van der Waals surface area contributed by atoms with Crippen molar-refractivity contribution in [3.05, 3.63) is 35.4 Å². The summed E-state index contributed by atoms with van der Waals surface area (Å²) in [5.41, 5.74) is 0.323. The number of benzene rings is 1. The third-order valence-corrected chi connectivity index (χ3v) is 3.75. The molecule has 0 heterocycles. The molecule has 1 aromatic rings. The number of amides is 1. The lowest BCUT2D eigenvalue weighted by atomic mass is 10.1. The molecule has 0 atom stereocenters. The van der Waals surface area contributed by atoms with Crippen LogP contribution < -0.4 is 16.0 Å². The monoisotopic (exact) mass is 446 g/mol. The Morgan fingerprint density at radius 3 is 2.29 bits per heavy atom. The lowest BCUT2D eigenvalue weighted by Gasteiger charge is -2.29. The third-order valence-electron chi connectivity index (χ3n) is 3.75. The molecule has 0 bridgehead atoms. The van der Waals surface area contributed by atoms with Crippen LogP contribution in [0.3, 0.4) is 0 Å². The Balaban J connectivity index is 2.51. The lowest BCUT2D eigenvalue weighted by Crippen LogP contribution is -2.54. The Morgan fingerprint density at radius 2 is 1.71 bits per heavy atom. The Bertz CT molecular complexity index is 744. The minimum Gasteiger partial charge on any atom is -0.444 e. The largest absolute Gasteiger partial charge is 0.444 e. The average Bonchev–Trinajstić information content (AvgIpc) is 2.59. The van der Waals surface area contributed by atoms with Crippen molar-refractivity contribution in [2.45, 2.75) is 65.1 Å². The van der Waals surface area contributed by atoms with Crippen LogP contribution in [0.25, 0.3) is 0 Å². The van der Waals surface area contributed by atoms with Crippen molar-refractivity contribution in [2.24, 2.45) is 4.99 Å². The lowest BCUT2D eigenvalue weighted by molar-refractivity contribution is -0.176. The Kier molecular flexibility index (Phi) is 9.61. The van der Waals surface area contributed by atoms with Crippen LogP contribution in [0.1, 0.15) is 45.7 Å². The number of guanidine groups is 1. The molecule has 0 saturated heterocycles. The maximum Gasteiger partial charge on any atom is 0.411 e. The predicted octanol–water partition coefficient (Wildman–Crippen LogP) is 3.73. The highest BCUT2D eigenvalue weighted by Crippen LogP contribution is 2.16. The van der Waals surface area contributed by atoms with Crippen molar-refractivity contribution < 1.29 is 27.4 Å². The molecule has 7 nitrogen and oxygen atoms in total. The van der Waals surface area contributed by atoms with Gasteiger partial charge in [-0.15, -0.1) is 0 Å². The van der Waals surface area contributed by atoms with Gasteiger partial charge in [0.1, 0.15) is 12.2 Å². The number of carbonyl (C=O) groups excluding carboxylic acids is 1. The smallest absolute Gasteiger partial charge is 0.411 e. The summed E-state index contributed by atoms with van der Waals surface area (Å²) in [7, 11) is 1.62. The molecule has 1 aromatic carbocycles. The average molecular weight is 447 g/mol. The summed E-state index contributed by atoms with van der Waals surface area (Å²) >= 11 is 0. The van der Waals surface area contributed by atoms with Gasteiger partial charge in [0.2, 0.25) is 0 Å². The van der Waals surface area contributed by atoms with E-state index in [0.717, 1.165) is 5.56 Å². The van der Waals surface area contributed by atoms with Crippen LogP contribution in [0.5, 0.6) is 0 Å². The minimum atomic E-state index is -4.34. The molecule has 0 radical (unpaired) electrons. The number of ether oxygens (including phenoxy) is 2. The number of alkyl carbamates (subject to hydrolysis) is 1. The van der Waals surface area contributed by atoms with Gasteiger partial charge < -0.3 is 25.4 Å². The molecule has 0 saturated carbocycles. The van der Waals surface area contributed by atoms with E-state index in [1.165, 1.54) is 0 Å². The Labute approximate surface area is 181 Å². The van der Waals surface area contributed by atoms with Gasteiger partial charge in [0.25, 0.3) is 0 Å². The van der Waals surface area contributed by atoms with Gasteiger partial charge in [0, 0.05) is 20.1 Å². The molecule has 1 rings (SSSR count). The molecule has 0 fully saturated rings. The zero-order valence-corrected chi connectivity index (χ0v) is 18.9. The molecule has 176 valence electrons. The van der Waals surface area contributed by atoms with Gasteiger partial charge in [-0.05, 0) is 45.7 Å². The first-order chi connectivity index (χ1) is 14.2. The summed E-state index contributed by atoms with van der Waals surface area (Å²) in [6, 6.07) is 7.08. The first kappa shape index (κ1) is 26.5. The van der Waals surface area contributed by atoms with Gasteiger partial charge in [0.05, 0.1) is 12.1 Å². The predicted molar refractivity (Wildman–Crippen MR) is 114 cm³/mol. The summed E-state index contributed by atoms with van der Waals surface area (Å²) in [6.45, 7) is 8.47. The van der Waals surface area contributed by atoms with E-state index in [1.807, 2.05) is 19.9 Å². The number of halogens is 3. The van der Waals surface area contributed by atoms with Crippen LogP contribution in [-0.2, 0) is 22.6 Å². The van der Waals surface area contributed by atoms with Crippen LogP contribution in [-0.4, -0.2) is 49.6 Å². The molecule has 0 spiro atoms. The first-order valence-corrected chi connectivity index (χ1v) is 9.87. The molecule has 0 aliphatic carbocycles. The summed E-state index contributed by atoms with van der Waals surface area (Å²) in [5, 5.41) is 9.07. The van der Waals surface area contributed by atoms with Crippen molar-refractivity contribution >= 4 is 12.1 Å². The third kappa shape index (κ3) is 12.7. The molecule has 3 N–H and O–H groups in total. The molecular formula is C21H33F3N4O3. The number of aliphatic imine (C=N–C) groups is 1. The summed E-state index contributed by atoms with van der Waals surface area (Å²) in [4.78, 5) is 16.1. The van der Waals surface area contributed by atoms with Crippen molar-refractivity contribution in [1.29, 1.82) is 0 Å². The summed E-state index contributed by atoms with van der Waals surface area (Å²) < 4.78 is 46.6. The molecule has 0 aromatic heterocycles. The van der Waals surface area contributed by atoms with Crippen molar-refractivity contribution in [3.8, 4) is 0 Å². The number of hydrogen-bond acceptors (Lipinski definition) is 4. The molecule has 0 aliphatic rings. The van der Waals surface area contributed by atoms with E-state index >= 15 is 0 Å². The first-order valence-electron chi connectivity index (χ1n) is 9.87. The van der Waals surface area contributed by atoms with Crippen molar-refractivity contribution in [3.63, 3.8) is 0 Å². The van der Waals surface area contributed by atoms with Crippen LogP contribution in [0.15, 0.2) is 29.3 Å². The molecule has 1 amide bonds. The molecule has 31 heavy (non-hydrogen) atoms. The molecule has 0 unspecified atom stereocenters. The number of nitrogens with one attached hydrogen (secondary N) is 3. The second-order valence-corrected chi connectivity index (χ2v) is 8.72. The van der Waals surface area contributed by atoms with E-state index in [0.29, 0.717) is 24.6 Å². The fraction of sp³-hybridized carbons (Fsp3) is 0.619. The van der Waals surface area contributed by atoms with Gasteiger partial charge in [-0.1, -0.05) is 24.3 Å². The van der Waals surface area contributed by atoms with Gasteiger partial charge in [-0.3, -0.25) is 4.99 Å². The number of hydrogen-bond donors (Lipinski definition) is 3. The number of nitrogens with zero attached hydrogens (tertiary/aromatic N) is 1. The van der Waals surface area contributed by atoms with Gasteiger partial charge >= 0.3 is 12.3 Å².